The molecular formula is C16H30N2O2S. The minimum absolute atomic E-state index is 0.0885. The first-order valence-electron chi connectivity index (χ1n) is 8.22. The molecule has 2 fully saturated rings. The van der Waals surface area contributed by atoms with E-state index < -0.39 is 0 Å². The van der Waals surface area contributed by atoms with Crippen LogP contribution in [0.25, 0.3) is 0 Å². The molecule has 1 heterocycles. The van der Waals surface area contributed by atoms with E-state index in [1.54, 1.807) is 11.8 Å². The second-order valence-electron chi connectivity index (χ2n) is 6.50. The number of nitrogens with one attached hydrogen (secondary N) is 1. The van der Waals surface area contributed by atoms with Crippen molar-refractivity contribution in [1.29, 1.82) is 0 Å². The third kappa shape index (κ3) is 3.93. The van der Waals surface area contributed by atoms with Gasteiger partial charge < -0.3 is 10.1 Å². The number of thioether (sulfide) groups is 1. The van der Waals surface area contributed by atoms with Gasteiger partial charge in [0, 0.05) is 36.3 Å². The van der Waals surface area contributed by atoms with Gasteiger partial charge in [0.1, 0.15) is 0 Å². The Kier molecular flexibility index (Phi) is 6.38. The summed E-state index contributed by atoms with van der Waals surface area (Å²) in [4.78, 5) is 14.9. The second kappa shape index (κ2) is 7.84. The van der Waals surface area contributed by atoms with E-state index in [1.165, 1.54) is 25.7 Å². The molecule has 0 unspecified atom stereocenters. The summed E-state index contributed by atoms with van der Waals surface area (Å²) in [7, 11) is 0. The van der Waals surface area contributed by atoms with Crippen LogP contribution in [0, 0.1) is 5.92 Å². The molecule has 1 N–H and O–H groups in total. The van der Waals surface area contributed by atoms with Crippen LogP contribution in [0.5, 0.6) is 0 Å². The fourth-order valence-corrected chi connectivity index (χ4v) is 4.49. The Bertz CT molecular complexity index is 339. The summed E-state index contributed by atoms with van der Waals surface area (Å²) in [6, 6.07) is 0.218. The van der Waals surface area contributed by atoms with Crippen molar-refractivity contribution in [1.82, 2.24) is 10.2 Å². The van der Waals surface area contributed by atoms with Crippen molar-refractivity contribution in [3.05, 3.63) is 0 Å². The molecule has 5 heteroatoms. The highest BCUT2D eigenvalue weighted by Gasteiger charge is 2.45. The number of rotatable bonds is 6. The molecule has 0 bridgehead atoms. The summed E-state index contributed by atoms with van der Waals surface area (Å²) in [6.45, 7) is 7.87. The summed E-state index contributed by atoms with van der Waals surface area (Å²) >= 11 is 1.74. The van der Waals surface area contributed by atoms with Crippen molar-refractivity contribution in [2.45, 2.75) is 51.1 Å². The number of carbonyl (C=O) groups excluding carboxylic acids is 1. The number of carbonyl (C=O) groups is 1. The standard InChI is InChI=1S/C16H30N2O2S/c1-13(12-21-3)15(19)17-14(2)16(6-4-5-7-16)18-8-10-20-11-9-18/h13-14H,4-12H2,1-3H3,(H,17,19)/t13-,14+/m1/s1. The zero-order valence-electron chi connectivity index (χ0n) is 13.7. The smallest absolute Gasteiger partial charge is 0.223 e. The Morgan fingerprint density at radius 3 is 2.48 bits per heavy atom. The highest BCUT2D eigenvalue weighted by atomic mass is 32.2. The predicted octanol–water partition coefficient (Wildman–Crippen LogP) is 2.14. The van der Waals surface area contributed by atoms with Gasteiger partial charge in [-0.2, -0.15) is 11.8 Å². The molecule has 2 aliphatic rings. The highest BCUT2D eigenvalue weighted by Crippen LogP contribution is 2.38. The molecule has 2 rings (SSSR count). The fraction of sp³-hybridized carbons (Fsp3) is 0.938. The minimum Gasteiger partial charge on any atom is -0.379 e. The Balaban J connectivity index is 2.01. The van der Waals surface area contributed by atoms with Gasteiger partial charge in [0.05, 0.1) is 13.2 Å². The normalized spacial score (nSPS) is 25.5. The van der Waals surface area contributed by atoms with E-state index in [1.807, 2.05) is 6.92 Å². The first-order valence-corrected chi connectivity index (χ1v) is 9.61. The van der Waals surface area contributed by atoms with Crippen LogP contribution in [0.2, 0.25) is 0 Å². The van der Waals surface area contributed by atoms with E-state index in [-0.39, 0.29) is 23.4 Å². The number of amides is 1. The molecule has 2 atom stereocenters. The van der Waals surface area contributed by atoms with Crippen LogP contribution in [0.1, 0.15) is 39.5 Å². The lowest BCUT2D eigenvalue weighted by Crippen LogP contribution is -2.62. The molecule has 0 radical (unpaired) electrons. The van der Waals surface area contributed by atoms with E-state index in [0.717, 1.165) is 32.1 Å². The van der Waals surface area contributed by atoms with Crippen molar-refractivity contribution < 1.29 is 9.53 Å². The Hall–Kier alpha value is -0.260. The quantitative estimate of drug-likeness (QED) is 0.815. The summed E-state index contributed by atoms with van der Waals surface area (Å²) in [5, 5.41) is 3.31. The van der Waals surface area contributed by atoms with Crippen LogP contribution >= 0.6 is 11.8 Å². The molecule has 21 heavy (non-hydrogen) atoms. The highest BCUT2D eigenvalue weighted by molar-refractivity contribution is 7.98. The molecule has 0 aromatic carbocycles. The van der Waals surface area contributed by atoms with Gasteiger partial charge in [0.2, 0.25) is 5.91 Å². The average Bonchev–Trinajstić information content (AvgIpc) is 2.99. The Morgan fingerprint density at radius 2 is 1.90 bits per heavy atom. The van der Waals surface area contributed by atoms with Crippen LogP contribution in [0.3, 0.4) is 0 Å². The molecule has 1 aliphatic heterocycles. The Labute approximate surface area is 133 Å². The Morgan fingerprint density at radius 1 is 1.29 bits per heavy atom. The molecule has 1 saturated heterocycles. The van der Waals surface area contributed by atoms with Crippen molar-refractivity contribution in [2.24, 2.45) is 5.92 Å². The van der Waals surface area contributed by atoms with Gasteiger partial charge in [0.25, 0.3) is 0 Å². The third-order valence-electron chi connectivity index (χ3n) is 5.14. The van der Waals surface area contributed by atoms with Crippen LogP contribution in [-0.2, 0) is 9.53 Å². The van der Waals surface area contributed by atoms with Crippen molar-refractivity contribution in [3.63, 3.8) is 0 Å². The monoisotopic (exact) mass is 314 g/mol. The van der Waals surface area contributed by atoms with E-state index in [9.17, 15) is 4.79 Å². The maximum Gasteiger partial charge on any atom is 0.223 e. The second-order valence-corrected chi connectivity index (χ2v) is 7.41. The van der Waals surface area contributed by atoms with Crippen molar-refractivity contribution >= 4 is 17.7 Å². The molecule has 1 saturated carbocycles. The van der Waals surface area contributed by atoms with Crippen LogP contribution in [0.15, 0.2) is 0 Å². The van der Waals surface area contributed by atoms with Gasteiger partial charge in [0.15, 0.2) is 0 Å². The molecule has 122 valence electrons. The van der Waals surface area contributed by atoms with Gasteiger partial charge in [-0.3, -0.25) is 9.69 Å². The van der Waals surface area contributed by atoms with Gasteiger partial charge in [-0.05, 0) is 26.0 Å². The van der Waals surface area contributed by atoms with Gasteiger partial charge in [-0.1, -0.05) is 19.8 Å². The minimum atomic E-state index is 0.0885. The lowest BCUT2D eigenvalue weighted by molar-refractivity contribution is -0.126. The predicted molar refractivity (Wildman–Crippen MR) is 88.7 cm³/mol. The van der Waals surface area contributed by atoms with Gasteiger partial charge in [-0.25, -0.2) is 0 Å². The summed E-state index contributed by atoms with van der Waals surface area (Å²) < 4.78 is 5.50. The van der Waals surface area contributed by atoms with Crippen molar-refractivity contribution in [3.8, 4) is 0 Å². The SMILES string of the molecule is CSC[C@@H](C)C(=O)N[C@@H](C)C1(N2CCOCC2)CCCC1. The lowest BCUT2D eigenvalue weighted by atomic mass is 9.86. The number of hydrogen-bond acceptors (Lipinski definition) is 4. The number of ether oxygens (including phenoxy) is 1. The summed E-state index contributed by atoms with van der Waals surface area (Å²) in [5.74, 6) is 1.19. The largest absolute Gasteiger partial charge is 0.379 e. The number of nitrogens with zero attached hydrogens (tertiary/aromatic N) is 1. The molecule has 0 aromatic heterocycles. The van der Waals surface area contributed by atoms with Gasteiger partial charge >= 0.3 is 0 Å². The van der Waals surface area contributed by atoms with Crippen LogP contribution < -0.4 is 5.32 Å². The molecule has 0 spiro atoms. The third-order valence-corrected chi connectivity index (χ3v) is 5.97. The maximum absolute atomic E-state index is 12.4. The topological polar surface area (TPSA) is 41.6 Å². The molecule has 4 nitrogen and oxygen atoms in total. The summed E-state index contributed by atoms with van der Waals surface area (Å²) in [6.07, 6.45) is 7.01. The first-order chi connectivity index (χ1) is 10.1. The van der Waals surface area contributed by atoms with E-state index in [0.29, 0.717) is 0 Å². The average molecular weight is 314 g/mol. The molecule has 1 aliphatic carbocycles. The zero-order chi connectivity index (χ0) is 15.3. The zero-order valence-corrected chi connectivity index (χ0v) is 14.5. The van der Waals surface area contributed by atoms with E-state index in [2.05, 4.69) is 23.4 Å². The maximum atomic E-state index is 12.4. The molecular weight excluding hydrogens is 284 g/mol. The van der Waals surface area contributed by atoms with Crippen LogP contribution in [0.4, 0.5) is 0 Å². The molecule has 0 aromatic rings. The molecule has 1 amide bonds. The number of hydrogen-bond donors (Lipinski definition) is 1. The van der Waals surface area contributed by atoms with Gasteiger partial charge in [-0.15, -0.1) is 0 Å². The first kappa shape index (κ1) is 17.1. The number of morpholine rings is 1. The van der Waals surface area contributed by atoms with Crippen molar-refractivity contribution in [2.75, 3.05) is 38.3 Å². The fourth-order valence-electron chi connectivity index (χ4n) is 3.83. The lowest BCUT2D eigenvalue weighted by Gasteiger charge is -2.47. The van der Waals surface area contributed by atoms with E-state index >= 15 is 0 Å². The van der Waals surface area contributed by atoms with E-state index in [4.69, 9.17) is 4.74 Å². The van der Waals surface area contributed by atoms with Crippen LogP contribution in [-0.4, -0.2) is 60.7 Å². The summed E-state index contributed by atoms with van der Waals surface area (Å²) in [5.41, 5.74) is 0.151.